The predicted molar refractivity (Wildman–Crippen MR) is 214 cm³/mol. The number of hydrogen-bond donors (Lipinski definition) is 3. The highest BCUT2D eigenvalue weighted by Gasteiger charge is 2.39. The second kappa shape index (κ2) is 18.3. The van der Waals surface area contributed by atoms with Crippen molar-refractivity contribution in [2.45, 2.75) is 75.8 Å². The van der Waals surface area contributed by atoms with E-state index in [4.69, 9.17) is 9.47 Å². The average Bonchev–Trinajstić information content (AvgIpc) is 3.21. The van der Waals surface area contributed by atoms with Gasteiger partial charge in [0.2, 0.25) is 15.9 Å². The van der Waals surface area contributed by atoms with Crippen molar-refractivity contribution in [1.29, 1.82) is 0 Å². The largest absolute Gasteiger partial charge is 0.392 e. The summed E-state index contributed by atoms with van der Waals surface area (Å²) < 4.78 is 42.7. The number of likely N-dealkylation sites (N-methyl/N-ethyl adjacent to an activating group) is 1. The van der Waals surface area contributed by atoms with Crippen LogP contribution in [-0.2, 0) is 43.9 Å². The van der Waals surface area contributed by atoms with Crippen molar-refractivity contribution in [2.24, 2.45) is 5.92 Å². The Kier molecular flexibility index (Phi) is 13.3. The summed E-state index contributed by atoms with van der Waals surface area (Å²) in [6, 6.07) is 41.1. The molecule has 1 fully saturated rings. The van der Waals surface area contributed by atoms with Gasteiger partial charge in [0, 0.05) is 30.6 Å². The van der Waals surface area contributed by atoms with Crippen LogP contribution in [0.2, 0.25) is 0 Å². The number of nitrogens with zero attached hydrogens (tertiary/aromatic N) is 1. The fourth-order valence-corrected chi connectivity index (χ4v) is 8.07. The molecule has 5 aromatic rings. The Morgan fingerprint density at radius 2 is 1.38 bits per heavy atom. The first-order valence-corrected chi connectivity index (χ1v) is 20.2. The summed E-state index contributed by atoms with van der Waals surface area (Å²) in [5, 5.41) is 12.6. The third-order valence-electron chi connectivity index (χ3n) is 10.5. The normalized spacial score (nSPS) is 19.8. The van der Waals surface area contributed by atoms with Crippen LogP contribution >= 0.6 is 0 Å². The van der Waals surface area contributed by atoms with Crippen LogP contribution in [0.1, 0.15) is 71.2 Å². The van der Waals surface area contributed by atoms with Gasteiger partial charge in [-0.2, -0.15) is 4.72 Å². The molecule has 5 aromatic carbocycles. The molecule has 0 aliphatic carbocycles. The molecule has 0 spiro atoms. The third-order valence-corrected chi connectivity index (χ3v) is 12.0. The number of carbonyl (C=O) groups is 1. The summed E-state index contributed by atoms with van der Waals surface area (Å²) >= 11 is 0. The van der Waals surface area contributed by atoms with Crippen molar-refractivity contribution in [2.75, 3.05) is 13.6 Å². The summed E-state index contributed by atoms with van der Waals surface area (Å²) in [5.41, 5.74) is 6.54. The van der Waals surface area contributed by atoms with E-state index in [9.17, 15) is 18.3 Å². The smallest absolute Gasteiger partial charge is 0.241 e. The van der Waals surface area contributed by atoms with Crippen molar-refractivity contribution in [1.82, 2.24) is 14.9 Å². The Labute approximate surface area is 325 Å². The predicted octanol–water partition coefficient (Wildman–Crippen LogP) is 7.18. The van der Waals surface area contributed by atoms with Gasteiger partial charge in [-0.15, -0.1) is 0 Å². The van der Waals surface area contributed by atoms with Crippen molar-refractivity contribution in [3.63, 3.8) is 0 Å². The molecule has 1 aliphatic rings. The van der Waals surface area contributed by atoms with E-state index in [-0.39, 0.29) is 48.6 Å². The average molecular weight is 762 g/mol. The first-order chi connectivity index (χ1) is 26.5. The Balaban J connectivity index is 1.16. The Morgan fingerprint density at radius 3 is 2.02 bits per heavy atom. The molecule has 1 heterocycles. The number of hydrogen-bond acceptors (Lipinski definition) is 7. The van der Waals surface area contributed by atoms with Crippen molar-refractivity contribution < 1.29 is 27.8 Å². The molecule has 0 unspecified atom stereocenters. The Morgan fingerprint density at radius 1 is 0.782 bits per heavy atom. The van der Waals surface area contributed by atoms with Gasteiger partial charge in [-0.25, -0.2) is 8.42 Å². The van der Waals surface area contributed by atoms with Crippen molar-refractivity contribution in [3.05, 3.63) is 172 Å². The van der Waals surface area contributed by atoms with Gasteiger partial charge in [-0.1, -0.05) is 134 Å². The quantitative estimate of drug-likeness (QED) is 0.104. The maximum Gasteiger partial charge on any atom is 0.241 e. The van der Waals surface area contributed by atoms with Crippen LogP contribution in [0, 0.1) is 12.8 Å². The second-order valence-corrected chi connectivity index (χ2v) is 16.2. The zero-order chi connectivity index (χ0) is 39.0. The summed E-state index contributed by atoms with van der Waals surface area (Å²) in [6.45, 7) is 7.10. The van der Waals surface area contributed by atoms with Crippen molar-refractivity contribution >= 4 is 15.9 Å². The number of carbonyl (C=O) groups excluding carboxylic acids is 1. The number of sulfonamides is 1. The summed E-state index contributed by atoms with van der Waals surface area (Å²) in [4.78, 5) is 16.0. The van der Waals surface area contributed by atoms with E-state index in [1.807, 2.05) is 91.9 Å². The number of rotatable bonds is 15. The maximum absolute atomic E-state index is 13.6. The van der Waals surface area contributed by atoms with Gasteiger partial charge < -0.3 is 19.9 Å². The topological polar surface area (TPSA) is 117 Å². The van der Waals surface area contributed by atoms with E-state index in [0.717, 1.165) is 33.4 Å². The zero-order valence-electron chi connectivity index (χ0n) is 31.8. The van der Waals surface area contributed by atoms with E-state index in [2.05, 4.69) is 60.1 Å². The molecule has 0 saturated carbocycles. The van der Waals surface area contributed by atoms with Crippen LogP contribution in [-0.4, -0.2) is 50.1 Å². The standard InChI is InChI=1S/C45H51N3O6S/c1-31-15-25-40(26-16-31)55(51,52)47-41(27-34-11-7-5-8-12-34)44(50)46-28-35-17-23-39(24-18-35)45-53-42(29-48(4)33(3)37-13-9-6-10-14-37)32(2)43(54-45)38-21-19-36(30-49)20-22-38/h5-26,32-33,41-43,45,47,49H,27-30H2,1-4H3,(H,46,50)/t32-,33-,41+,42+,43+,45+/m0/s1. The molecule has 1 aliphatic heterocycles. The minimum absolute atomic E-state index is 0.0264. The molecule has 1 amide bonds. The molecule has 6 rings (SSSR count). The van der Waals surface area contributed by atoms with Gasteiger partial charge in [0.05, 0.1) is 23.7 Å². The lowest BCUT2D eigenvalue weighted by atomic mass is 9.89. The molecule has 6 atom stereocenters. The lowest BCUT2D eigenvalue weighted by molar-refractivity contribution is -0.276. The molecular formula is C45H51N3O6S. The number of aliphatic hydroxyl groups excluding tert-OH is 1. The minimum Gasteiger partial charge on any atom is -0.392 e. The van der Waals surface area contributed by atoms with Gasteiger partial charge >= 0.3 is 0 Å². The van der Waals surface area contributed by atoms with Crippen LogP contribution in [0.4, 0.5) is 0 Å². The van der Waals surface area contributed by atoms with Gasteiger partial charge in [0.25, 0.3) is 0 Å². The molecule has 0 aromatic heterocycles. The zero-order valence-corrected chi connectivity index (χ0v) is 32.7. The molecule has 0 bridgehead atoms. The van der Waals surface area contributed by atoms with Crippen LogP contribution in [0.5, 0.6) is 0 Å². The first kappa shape index (κ1) is 40.0. The number of ether oxygens (including phenoxy) is 2. The van der Waals surface area contributed by atoms with E-state index >= 15 is 0 Å². The molecule has 10 heteroatoms. The third kappa shape index (κ3) is 10.3. The molecule has 1 saturated heterocycles. The molecule has 9 nitrogen and oxygen atoms in total. The highest BCUT2D eigenvalue weighted by molar-refractivity contribution is 7.89. The fourth-order valence-electron chi connectivity index (χ4n) is 6.87. The fraction of sp³-hybridized carbons (Fsp3) is 0.311. The highest BCUT2D eigenvalue weighted by Crippen LogP contribution is 2.42. The van der Waals surface area contributed by atoms with Gasteiger partial charge in [0.15, 0.2) is 6.29 Å². The summed E-state index contributed by atoms with van der Waals surface area (Å²) in [5.74, 6) is -0.397. The molecule has 55 heavy (non-hydrogen) atoms. The van der Waals surface area contributed by atoms with Crippen LogP contribution in [0.15, 0.2) is 138 Å². The number of aryl methyl sites for hydroxylation is 1. The lowest BCUT2D eigenvalue weighted by Crippen LogP contribution is -2.47. The number of aliphatic hydroxyl groups is 1. The Hall–Kier alpha value is -4.68. The van der Waals surface area contributed by atoms with E-state index in [1.165, 1.54) is 17.7 Å². The monoisotopic (exact) mass is 761 g/mol. The molecule has 3 N–H and O–H groups in total. The number of benzene rings is 5. The Bertz CT molecular complexity index is 2080. The van der Waals surface area contributed by atoms with E-state index in [0.29, 0.717) is 6.54 Å². The number of amides is 1. The minimum atomic E-state index is -3.96. The molecule has 288 valence electrons. The second-order valence-electron chi connectivity index (χ2n) is 14.5. The van der Waals surface area contributed by atoms with E-state index in [1.54, 1.807) is 12.1 Å². The highest BCUT2D eigenvalue weighted by atomic mass is 32.2. The van der Waals surface area contributed by atoms with Gasteiger partial charge in [-0.3, -0.25) is 9.69 Å². The van der Waals surface area contributed by atoms with Crippen molar-refractivity contribution in [3.8, 4) is 0 Å². The first-order valence-electron chi connectivity index (χ1n) is 18.8. The summed E-state index contributed by atoms with van der Waals surface area (Å²) in [6.07, 6.45) is -0.849. The van der Waals surface area contributed by atoms with Gasteiger partial charge in [0.1, 0.15) is 6.04 Å². The van der Waals surface area contributed by atoms with E-state index < -0.39 is 28.3 Å². The molecule has 0 radical (unpaired) electrons. The van der Waals surface area contributed by atoms with Gasteiger partial charge in [-0.05, 0) is 67.3 Å². The van der Waals surface area contributed by atoms with Crippen LogP contribution < -0.4 is 10.0 Å². The summed E-state index contributed by atoms with van der Waals surface area (Å²) in [7, 11) is -1.84. The number of nitrogens with one attached hydrogen (secondary N) is 2. The van der Waals surface area contributed by atoms with Crippen LogP contribution in [0.25, 0.3) is 0 Å². The van der Waals surface area contributed by atoms with Crippen LogP contribution in [0.3, 0.4) is 0 Å². The maximum atomic E-state index is 13.6. The molecular weight excluding hydrogens is 711 g/mol. The SMILES string of the molecule is Cc1ccc(S(=O)(=O)N[C@H](Cc2ccccc2)C(=O)NCc2ccc([C@@H]3O[C@H](CN(C)[C@@H](C)c4ccccc4)[C@H](C)[C@H](c4ccc(CO)cc4)O3)cc2)cc1. The lowest BCUT2D eigenvalue weighted by Gasteiger charge is -2.43.